The van der Waals surface area contributed by atoms with Crippen molar-refractivity contribution in [2.75, 3.05) is 31.1 Å². The number of nitrogens with one attached hydrogen (secondary N) is 1. The van der Waals surface area contributed by atoms with Crippen molar-refractivity contribution in [3.8, 4) is 0 Å². The zero-order valence-electron chi connectivity index (χ0n) is 13.4. The Morgan fingerprint density at radius 2 is 1.82 bits per heavy atom. The molecule has 1 N–H and O–H groups in total. The smallest absolute Gasteiger partial charge is 0.317 e. The summed E-state index contributed by atoms with van der Waals surface area (Å²) in [6.07, 6.45) is 0. The molecule has 1 saturated heterocycles. The van der Waals surface area contributed by atoms with Crippen molar-refractivity contribution >= 4 is 15.9 Å². The van der Waals surface area contributed by atoms with E-state index in [1.165, 1.54) is 11.1 Å². The summed E-state index contributed by atoms with van der Waals surface area (Å²) in [4.78, 5) is 13.8. The highest BCUT2D eigenvalue weighted by molar-refractivity contribution is 7.91. The first-order valence-electron chi connectivity index (χ1n) is 7.51. The number of urea groups is 1. The summed E-state index contributed by atoms with van der Waals surface area (Å²) in [5, 5.41) is 2.94. The molecule has 0 bridgehead atoms. The van der Waals surface area contributed by atoms with Gasteiger partial charge in [0.25, 0.3) is 0 Å². The maximum Gasteiger partial charge on any atom is 0.317 e. The van der Waals surface area contributed by atoms with Gasteiger partial charge >= 0.3 is 6.03 Å². The van der Waals surface area contributed by atoms with Gasteiger partial charge in [-0.15, -0.1) is 0 Å². The van der Waals surface area contributed by atoms with Gasteiger partial charge in [-0.1, -0.05) is 38.1 Å². The van der Waals surface area contributed by atoms with Crippen LogP contribution in [-0.4, -0.2) is 50.5 Å². The van der Waals surface area contributed by atoms with Gasteiger partial charge < -0.3 is 10.2 Å². The second-order valence-electron chi connectivity index (χ2n) is 6.50. The summed E-state index contributed by atoms with van der Waals surface area (Å²) in [7, 11) is -2.96. The fourth-order valence-electron chi connectivity index (χ4n) is 2.75. The van der Waals surface area contributed by atoms with Gasteiger partial charge in [0, 0.05) is 25.0 Å². The normalized spacial score (nSPS) is 18.0. The minimum Gasteiger partial charge on any atom is -0.337 e. The van der Waals surface area contributed by atoms with Crippen molar-refractivity contribution in [3.63, 3.8) is 0 Å². The van der Waals surface area contributed by atoms with Gasteiger partial charge in [-0.05, 0) is 18.1 Å². The molecule has 0 aromatic heterocycles. The van der Waals surface area contributed by atoms with E-state index >= 15 is 0 Å². The lowest BCUT2D eigenvalue weighted by Gasteiger charge is -2.31. The Hall–Kier alpha value is -1.56. The number of hydrogen-bond donors (Lipinski definition) is 1. The van der Waals surface area contributed by atoms with E-state index in [4.69, 9.17) is 0 Å². The highest BCUT2D eigenvalue weighted by Crippen LogP contribution is 2.25. The Kier molecular flexibility index (Phi) is 4.80. The van der Waals surface area contributed by atoms with Crippen LogP contribution in [0.1, 0.15) is 25.0 Å². The molecule has 1 aliphatic rings. The molecule has 0 spiro atoms. The zero-order chi connectivity index (χ0) is 16.4. The lowest BCUT2D eigenvalue weighted by atomic mass is 9.82. The van der Waals surface area contributed by atoms with E-state index in [9.17, 15) is 13.2 Å². The van der Waals surface area contributed by atoms with Crippen molar-refractivity contribution in [2.45, 2.75) is 26.2 Å². The molecular formula is C16H24N2O3S. The van der Waals surface area contributed by atoms with Gasteiger partial charge in [-0.3, -0.25) is 0 Å². The Morgan fingerprint density at radius 1 is 1.23 bits per heavy atom. The van der Waals surface area contributed by atoms with Gasteiger partial charge in [0.2, 0.25) is 0 Å². The predicted octanol–water partition coefficient (Wildman–Crippen LogP) is 1.71. The van der Waals surface area contributed by atoms with Crippen LogP contribution in [0.25, 0.3) is 0 Å². The van der Waals surface area contributed by atoms with E-state index in [1.54, 1.807) is 4.90 Å². The second-order valence-corrected chi connectivity index (χ2v) is 8.80. The summed E-state index contributed by atoms with van der Waals surface area (Å²) in [6, 6.07) is 7.96. The molecule has 0 saturated carbocycles. The van der Waals surface area contributed by atoms with Crippen LogP contribution in [0.3, 0.4) is 0 Å². The first-order chi connectivity index (χ1) is 10.2. The van der Waals surface area contributed by atoms with Crippen molar-refractivity contribution in [1.82, 2.24) is 10.2 Å². The molecule has 22 heavy (non-hydrogen) atoms. The average molecular weight is 324 g/mol. The van der Waals surface area contributed by atoms with Crippen LogP contribution < -0.4 is 5.32 Å². The van der Waals surface area contributed by atoms with Crippen LogP contribution in [0.2, 0.25) is 0 Å². The van der Waals surface area contributed by atoms with E-state index in [0.29, 0.717) is 6.54 Å². The van der Waals surface area contributed by atoms with Gasteiger partial charge in [-0.25, -0.2) is 13.2 Å². The fraction of sp³-hybridized carbons (Fsp3) is 0.562. The summed E-state index contributed by atoms with van der Waals surface area (Å²) >= 11 is 0. The lowest BCUT2D eigenvalue weighted by molar-refractivity contribution is 0.199. The molecule has 0 atom stereocenters. The summed E-state index contributed by atoms with van der Waals surface area (Å²) in [5.41, 5.74) is 2.23. The van der Waals surface area contributed by atoms with Crippen molar-refractivity contribution < 1.29 is 13.2 Å². The maximum absolute atomic E-state index is 12.2. The Balaban J connectivity index is 1.95. The van der Waals surface area contributed by atoms with Crippen LogP contribution in [0.15, 0.2) is 24.3 Å². The van der Waals surface area contributed by atoms with Crippen molar-refractivity contribution in [2.24, 2.45) is 0 Å². The number of carbonyl (C=O) groups is 1. The second kappa shape index (κ2) is 6.28. The third-order valence-corrected chi connectivity index (χ3v) is 5.80. The highest BCUT2D eigenvalue weighted by atomic mass is 32.2. The number of carbonyl (C=O) groups excluding carboxylic acids is 1. The molecule has 1 aliphatic heterocycles. The molecule has 1 heterocycles. The minimum absolute atomic E-state index is 0.0571. The Morgan fingerprint density at radius 3 is 2.41 bits per heavy atom. The Bertz CT molecular complexity index is 639. The van der Waals surface area contributed by atoms with Crippen molar-refractivity contribution in [1.29, 1.82) is 0 Å². The van der Waals surface area contributed by atoms with E-state index in [0.717, 1.165) is 0 Å². The zero-order valence-corrected chi connectivity index (χ0v) is 14.2. The number of aryl methyl sites for hydroxylation is 1. The van der Waals surface area contributed by atoms with E-state index in [1.807, 2.05) is 12.1 Å². The number of amides is 2. The standard InChI is InChI=1S/C16H24N2O3S/c1-13-6-4-5-7-14(13)16(2,3)12-17-15(19)18-8-10-22(20,21)11-9-18/h4-7H,8-12H2,1-3H3,(H,17,19). The van der Waals surface area contributed by atoms with Gasteiger partial charge in [0.1, 0.15) is 0 Å². The number of rotatable bonds is 3. The molecule has 2 rings (SSSR count). The number of sulfone groups is 1. The predicted molar refractivity (Wildman–Crippen MR) is 87.8 cm³/mol. The quantitative estimate of drug-likeness (QED) is 0.920. The van der Waals surface area contributed by atoms with Crippen LogP contribution in [0.5, 0.6) is 0 Å². The molecule has 122 valence electrons. The summed E-state index contributed by atoms with van der Waals surface area (Å²) in [6.45, 7) is 7.32. The Labute approximate surface area is 132 Å². The van der Waals surface area contributed by atoms with Crippen LogP contribution >= 0.6 is 0 Å². The minimum atomic E-state index is -2.96. The van der Waals surface area contributed by atoms with E-state index in [2.05, 4.69) is 38.2 Å². The monoisotopic (exact) mass is 324 g/mol. The van der Waals surface area contributed by atoms with Gasteiger partial charge in [0.15, 0.2) is 9.84 Å². The number of nitrogens with zero attached hydrogens (tertiary/aromatic N) is 1. The maximum atomic E-state index is 12.2. The van der Waals surface area contributed by atoms with Gasteiger partial charge in [-0.2, -0.15) is 0 Å². The fourth-order valence-corrected chi connectivity index (χ4v) is 3.95. The first-order valence-corrected chi connectivity index (χ1v) is 9.33. The molecule has 5 nitrogen and oxygen atoms in total. The molecule has 0 radical (unpaired) electrons. The summed E-state index contributed by atoms with van der Waals surface area (Å²) in [5.74, 6) is 0.114. The lowest BCUT2D eigenvalue weighted by Crippen LogP contribution is -2.50. The molecule has 2 amide bonds. The third kappa shape index (κ3) is 4.00. The number of benzene rings is 1. The molecule has 1 fully saturated rings. The first kappa shape index (κ1) is 16.8. The summed E-state index contributed by atoms with van der Waals surface area (Å²) < 4.78 is 22.8. The van der Waals surface area contributed by atoms with E-state index in [-0.39, 0.29) is 36.0 Å². The third-order valence-electron chi connectivity index (χ3n) is 4.19. The van der Waals surface area contributed by atoms with Crippen LogP contribution in [-0.2, 0) is 15.3 Å². The average Bonchev–Trinajstić information content (AvgIpc) is 2.45. The molecular weight excluding hydrogens is 300 g/mol. The molecule has 0 unspecified atom stereocenters. The highest BCUT2D eigenvalue weighted by Gasteiger charge is 2.27. The molecule has 1 aromatic carbocycles. The van der Waals surface area contributed by atoms with E-state index < -0.39 is 9.84 Å². The molecule has 1 aromatic rings. The number of hydrogen-bond acceptors (Lipinski definition) is 3. The largest absolute Gasteiger partial charge is 0.337 e. The van der Waals surface area contributed by atoms with Crippen LogP contribution in [0.4, 0.5) is 4.79 Å². The van der Waals surface area contributed by atoms with Gasteiger partial charge in [0.05, 0.1) is 11.5 Å². The molecule has 0 aliphatic carbocycles. The topological polar surface area (TPSA) is 66.5 Å². The van der Waals surface area contributed by atoms with Crippen molar-refractivity contribution in [3.05, 3.63) is 35.4 Å². The molecule has 6 heteroatoms. The van der Waals surface area contributed by atoms with Crippen LogP contribution in [0, 0.1) is 6.92 Å². The SMILES string of the molecule is Cc1ccccc1C(C)(C)CNC(=O)N1CCS(=O)(=O)CC1.